The standard InChI is InChI=1S/C14H18N2O3/c17-12-4-1-3-11(9-12)16-13(18)19-10-14(16)5-2-7-15-8-6-14/h1,3-4,9,15,17H,2,5-8,10H2. The number of rotatable bonds is 1. The molecule has 2 fully saturated rings. The van der Waals surface area contributed by atoms with Crippen LogP contribution in [-0.2, 0) is 4.74 Å². The number of hydrogen-bond donors (Lipinski definition) is 2. The zero-order valence-electron chi connectivity index (χ0n) is 10.8. The number of carbonyl (C=O) groups excluding carboxylic acids is 1. The third-order valence-corrected chi connectivity index (χ3v) is 3.97. The molecule has 3 rings (SSSR count). The van der Waals surface area contributed by atoms with Gasteiger partial charge in [0.2, 0.25) is 0 Å². The minimum Gasteiger partial charge on any atom is -0.508 e. The summed E-state index contributed by atoms with van der Waals surface area (Å²) in [6, 6.07) is 6.81. The van der Waals surface area contributed by atoms with Crippen LogP contribution in [0, 0.1) is 0 Å². The Hall–Kier alpha value is -1.75. The number of phenols is 1. The fourth-order valence-corrected chi connectivity index (χ4v) is 3.01. The van der Waals surface area contributed by atoms with Crippen LogP contribution in [0.4, 0.5) is 10.5 Å². The van der Waals surface area contributed by atoms with Crippen molar-refractivity contribution in [2.24, 2.45) is 0 Å². The van der Waals surface area contributed by atoms with E-state index >= 15 is 0 Å². The second-order valence-electron chi connectivity index (χ2n) is 5.24. The summed E-state index contributed by atoms with van der Waals surface area (Å²) >= 11 is 0. The third kappa shape index (κ3) is 2.14. The van der Waals surface area contributed by atoms with Crippen molar-refractivity contribution in [2.75, 3.05) is 24.6 Å². The molecule has 0 saturated carbocycles. The smallest absolute Gasteiger partial charge is 0.415 e. The molecule has 2 aliphatic rings. The monoisotopic (exact) mass is 262 g/mol. The number of anilines is 1. The molecule has 0 aliphatic carbocycles. The lowest BCUT2D eigenvalue weighted by Gasteiger charge is -2.34. The normalized spacial score (nSPS) is 27.4. The summed E-state index contributed by atoms with van der Waals surface area (Å²) in [6.07, 6.45) is 2.49. The van der Waals surface area contributed by atoms with Crippen LogP contribution in [0.1, 0.15) is 19.3 Å². The average molecular weight is 262 g/mol. The van der Waals surface area contributed by atoms with Crippen LogP contribution in [0.25, 0.3) is 0 Å². The van der Waals surface area contributed by atoms with E-state index in [4.69, 9.17) is 4.74 Å². The topological polar surface area (TPSA) is 61.8 Å². The number of aromatic hydroxyl groups is 1. The van der Waals surface area contributed by atoms with E-state index in [0.717, 1.165) is 32.4 Å². The molecule has 1 aromatic rings. The Morgan fingerprint density at radius 2 is 2.21 bits per heavy atom. The van der Waals surface area contributed by atoms with Crippen molar-refractivity contribution in [2.45, 2.75) is 24.8 Å². The highest BCUT2D eigenvalue weighted by molar-refractivity contribution is 5.91. The largest absolute Gasteiger partial charge is 0.508 e. The van der Waals surface area contributed by atoms with Crippen molar-refractivity contribution in [1.82, 2.24) is 5.32 Å². The molecule has 19 heavy (non-hydrogen) atoms. The lowest BCUT2D eigenvalue weighted by atomic mass is 9.90. The minimum absolute atomic E-state index is 0.166. The van der Waals surface area contributed by atoms with Crippen LogP contribution in [0.3, 0.4) is 0 Å². The van der Waals surface area contributed by atoms with Crippen molar-refractivity contribution in [1.29, 1.82) is 0 Å². The Balaban J connectivity index is 1.98. The van der Waals surface area contributed by atoms with Gasteiger partial charge in [0.05, 0.1) is 11.2 Å². The Morgan fingerprint density at radius 1 is 1.32 bits per heavy atom. The number of nitrogens with one attached hydrogen (secondary N) is 1. The summed E-state index contributed by atoms with van der Waals surface area (Å²) in [4.78, 5) is 13.8. The van der Waals surface area contributed by atoms with Gasteiger partial charge in [-0.3, -0.25) is 4.90 Å². The minimum atomic E-state index is -0.312. The lowest BCUT2D eigenvalue weighted by molar-refractivity contribution is 0.170. The number of phenolic OH excluding ortho intramolecular Hbond substituents is 1. The molecule has 1 amide bonds. The Morgan fingerprint density at radius 3 is 3.05 bits per heavy atom. The molecule has 1 atom stereocenters. The molecule has 2 aliphatic heterocycles. The molecular formula is C14H18N2O3. The number of ether oxygens (including phenoxy) is 1. The van der Waals surface area contributed by atoms with E-state index in [-0.39, 0.29) is 17.4 Å². The molecule has 2 N–H and O–H groups in total. The predicted molar refractivity (Wildman–Crippen MR) is 71.4 cm³/mol. The van der Waals surface area contributed by atoms with Crippen molar-refractivity contribution in [3.63, 3.8) is 0 Å². The SMILES string of the molecule is O=C1OCC2(CCCNCC2)N1c1cccc(O)c1. The zero-order chi connectivity index (χ0) is 13.3. The van der Waals surface area contributed by atoms with Gasteiger partial charge in [-0.15, -0.1) is 0 Å². The third-order valence-electron chi connectivity index (χ3n) is 3.97. The van der Waals surface area contributed by atoms with Gasteiger partial charge in [0.15, 0.2) is 0 Å². The maximum absolute atomic E-state index is 12.1. The fourth-order valence-electron chi connectivity index (χ4n) is 3.01. The summed E-state index contributed by atoms with van der Waals surface area (Å²) < 4.78 is 5.29. The van der Waals surface area contributed by atoms with Crippen LogP contribution in [0.15, 0.2) is 24.3 Å². The van der Waals surface area contributed by atoms with E-state index in [1.807, 2.05) is 6.07 Å². The van der Waals surface area contributed by atoms with Gasteiger partial charge in [0, 0.05) is 6.07 Å². The Bertz CT molecular complexity index is 481. The molecular weight excluding hydrogens is 244 g/mol. The summed E-state index contributed by atoms with van der Waals surface area (Å²) in [5, 5.41) is 13.0. The first-order chi connectivity index (χ1) is 9.21. The number of amides is 1. The molecule has 0 bridgehead atoms. The first-order valence-corrected chi connectivity index (χ1v) is 6.68. The van der Waals surface area contributed by atoms with Crippen LogP contribution < -0.4 is 10.2 Å². The second-order valence-corrected chi connectivity index (χ2v) is 5.24. The van der Waals surface area contributed by atoms with Crippen LogP contribution in [0.2, 0.25) is 0 Å². The highest BCUT2D eigenvalue weighted by atomic mass is 16.6. The summed E-state index contributed by atoms with van der Waals surface area (Å²) in [7, 11) is 0. The zero-order valence-corrected chi connectivity index (χ0v) is 10.8. The van der Waals surface area contributed by atoms with Gasteiger partial charge >= 0.3 is 6.09 Å². The first-order valence-electron chi connectivity index (χ1n) is 6.68. The molecule has 1 spiro atoms. The molecule has 0 aromatic heterocycles. The van der Waals surface area contributed by atoms with Gasteiger partial charge in [-0.05, 0) is 44.5 Å². The highest BCUT2D eigenvalue weighted by Gasteiger charge is 2.48. The highest BCUT2D eigenvalue weighted by Crippen LogP contribution is 2.38. The van der Waals surface area contributed by atoms with E-state index in [9.17, 15) is 9.90 Å². The van der Waals surface area contributed by atoms with Crippen LogP contribution in [0.5, 0.6) is 5.75 Å². The average Bonchev–Trinajstić information content (AvgIpc) is 2.58. The molecule has 102 valence electrons. The summed E-state index contributed by atoms with van der Waals surface area (Å²) in [5.41, 5.74) is 0.443. The van der Waals surface area contributed by atoms with E-state index in [2.05, 4.69) is 5.32 Å². The number of carbonyl (C=O) groups is 1. The lowest BCUT2D eigenvalue weighted by Crippen LogP contribution is -2.48. The van der Waals surface area contributed by atoms with Crippen molar-refractivity contribution >= 4 is 11.8 Å². The number of nitrogens with zero attached hydrogens (tertiary/aromatic N) is 1. The maximum Gasteiger partial charge on any atom is 0.415 e. The molecule has 5 nitrogen and oxygen atoms in total. The van der Waals surface area contributed by atoms with Crippen LogP contribution >= 0.6 is 0 Å². The van der Waals surface area contributed by atoms with Gasteiger partial charge in [-0.25, -0.2) is 4.79 Å². The molecule has 2 saturated heterocycles. The molecule has 5 heteroatoms. The fraction of sp³-hybridized carbons (Fsp3) is 0.500. The van der Waals surface area contributed by atoms with Gasteiger partial charge in [0.1, 0.15) is 12.4 Å². The molecule has 1 aromatic carbocycles. The number of benzene rings is 1. The maximum atomic E-state index is 12.1. The Kier molecular flexibility index (Phi) is 3.06. The quantitative estimate of drug-likeness (QED) is 0.811. The van der Waals surface area contributed by atoms with E-state index in [1.54, 1.807) is 23.1 Å². The van der Waals surface area contributed by atoms with Crippen LogP contribution in [-0.4, -0.2) is 36.4 Å². The Labute approximate surface area is 112 Å². The summed E-state index contributed by atoms with van der Waals surface area (Å²) in [5.74, 6) is 0.166. The number of cyclic esters (lactones) is 1. The number of hydrogen-bond acceptors (Lipinski definition) is 4. The van der Waals surface area contributed by atoms with Gasteiger partial charge in [0.25, 0.3) is 0 Å². The molecule has 2 heterocycles. The first kappa shape index (κ1) is 12.3. The van der Waals surface area contributed by atoms with E-state index in [0.29, 0.717) is 12.3 Å². The second kappa shape index (κ2) is 4.74. The van der Waals surface area contributed by atoms with Crippen molar-refractivity contribution < 1.29 is 14.6 Å². The van der Waals surface area contributed by atoms with Crippen molar-refractivity contribution in [3.05, 3.63) is 24.3 Å². The predicted octanol–water partition coefficient (Wildman–Crippen LogP) is 1.86. The van der Waals surface area contributed by atoms with Gasteiger partial charge < -0.3 is 15.2 Å². The summed E-state index contributed by atoms with van der Waals surface area (Å²) in [6.45, 7) is 2.29. The van der Waals surface area contributed by atoms with Gasteiger partial charge in [-0.2, -0.15) is 0 Å². The molecule has 1 unspecified atom stereocenters. The van der Waals surface area contributed by atoms with E-state index < -0.39 is 0 Å². The van der Waals surface area contributed by atoms with Crippen molar-refractivity contribution in [3.8, 4) is 5.75 Å². The van der Waals surface area contributed by atoms with Gasteiger partial charge in [-0.1, -0.05) is 6.07 Å². The van der Waals surface area contributed by atoms with E-state index in [1.165, 1.54) is 0 Å². The molecule has 0 radical (unpaired) electrons.